The molecule has 2 saturated heterocycles. The second-order valence-corrected chi connectivity index (χ2v) is 5.41. The molecular weight excluding hydrogens is 247 g/mol. The van der Waals surface area contributed by atoms with Crippen LogP contribution in [0.3, 0.4) is 0 Å². The van der Waals surface area contributed by atoms with Crippen LogP contribution in [-0.2, 0) is 9.47 Å². The van der Waals surface area contributed by atoms with Crippen molar-refractivity contribution in [1.29, 1.82) is 0 Å². The van der Waals surface area contributed by atoms with Gasteiger partial charge in [-0.1, -0.05) is 0 Å². The number of hydrogen-bond acceptors (Lipinski definition) is 3. The second kappa shape index (κ2) is 5.35. The van der Waals surface area contributed by atoms with Gasteiger partial charge in [-0.2, -0.15) is 13.2 Å². The van der Waals surface area contributed by atoms with Gasteiger partial charge in [0.2, 0.25) is 0 Å². The van der Waals surface area contributed by atoms with Crippen LogP contribution in [0.2, 0.25) is 0 Å². The molecule has 1 N–H and O–H groups in total. The molecule has 0 aromatic heterocycles. The predicted octanol–water partition coefficient (Wildman–Crippen LogP) is 2.26. The van der Waals surface area contributed by atoms with E-state index < -0.39 is 18.6 Å². The van der Waals surface area contributed by atoms with Crippen molar-refractivity contribution >= 4 is 0 Å². The van der Waals surface area contributed by atoms with Crippen LogP contribution in [0.15, 0.2) is 0 Å². The fraction of sp³-hybridized carbons (Fsp3) is 1.00. The van der Waals surface area contributed by atoms with E-state index in [-0.39, 0.29) is 11.6 Å². The number of halogens is 3. The van der Waals surface area contributed by atoms with Crippen molar-refractivity contribution in [2.45, 2.75) is 56.5 Å². The van der Waals surface area contributed by atoms with Crippen molar-refractivity contribution in [2.75, 3.05) is 19.8 Å². The number of rotatable bonds is 3. The molecule has 0 bridgehead atoms. The Bertz CT molecular complexity index is 277. The van der Waals surface area contributed by atoms with E-state index in [0.717, 1.165) is 19.3 Å². The van der Waals surface area contributed by atoms with Crippen LogP contribution in [0.1, 0.15) is 32.6 Å². The largest absolute Gasteiger partial charge is 0.390 e. The first kappa shape index (κ1) is 14.1. The Hall–Kier alpha value is -0.330. The first-order valence-electron chi connectivity index (χ1n) is 6.43. The summed E-state index contributed by atoms with van der Waals surface area (Å²) in [7, 11) is 0. The van der Waals surface area contributed by atoms with Crippen molar-refractivity contribution in [3.05, 3.63) is 0 Å². The van der Waals surface area contributed by atoms with Gasteiger partial charge in [-0.25, -0.2) is 0 Å². The normalized spacial score (nSPS) is 35.0. The summed E-state index contributed by atoms with van der Waals surface area (Å²) < 4.78 is 47.9. The molecule has 2 fully saturated rings. The van der Waals surface area contributed by atoms with E-state index in [1.165, 1.54) is 0 Å². The molecule has 18 heavy (non-hydrogen) atoms. The lowest BCUT2D eigenvalue weighted by atomic mass is 9.89. The van der Waals surface area contributed by atoms with Crippen molar-refractivity contribution in [1.82, 2.24) is 5.32 Å². The SMILES string of the molecule is CC(CC(F)(F)F)NC1CCOC2(CCOC2)C1. The van der Waals surface area contributed by atoms with Gasteiger partial charge < -0.3 is 14.8 Å². The van der Waals surface area contributed by atoms with E-state index in [0.29, 0.717) is 19.8 Å². The zero-order valence-electron chi connectivity index (χ0n) is 10.6. The van der Waals surface area contributed by atoms with Gasteiger partial charge in [0.05, 0.1) is 18.6 Å². The molecule has 3 nitrogen and oxygen atoms in total. The van der Waals surface area contributed by atoms with Crippen LogP contribution >= 0.6 is 0 Å². The van der Waals surface area contributed by atoms with Crippen LogP contribution in [0, 0.1) is 0 Å². The van der Waals surface area contributed by atoms with Crippen LogP contribution in [0.4, 0.5) is 13.2 Å². The Morgan fingerprint density at radius 3 is 2.78 bits per heavy atom. The van der Waals surface area contributed by atoms with E-state index in [2.05, 4.69) is 5.32 Å². The van der Waals surface area contributed by atoms with E-state index in [4.69, 9.17) is 9.47 Å². The fourth-order valence-corrected chi connectivity index (χ4v) is 2.84. The summed E-state index contributed by atoms with van der Waals surface area (Å²) in [6.07, 6.45) is -2.53. The second-order valence-electron chi connectivity index (χ2n) is 5.41. The van der Waals surface area contributed by atoms with Gasteiger partial charge >= 0.3 is 6.18 Å². The number of alkyl halides is 3. The standard InChI is InChI=1S/C12H20F3NO2/c1-9(6-12(13,14)15)16-10-2-4-18-11(7-10)3-5-17-8-11/h9-10,16H,2-8H2,1H3. The Balaban J connectivity index is 1.82. The third-order valence-corrected chi connectivity index (χ3v) is 3.62. The predicted molar refractivity (Wildman–Crippen MR) is 60.4 cm³/mol. The average Bonchev–Trinajstić information content (AvgIpc) is 2.63. The quantitative estimate of drug-likeness (QED) is 0.850. The average molecular weight is 267 g/mol. The molecule has 2 aliphatic heterocycles. The number of hydrogen-bond donors (Lipinski definition) is 1. The molecule has 2 heterocycles. The summed E-state index contributed by atoms with van der Waals surface area (Å²) in [5, 5.41) is 3.07. The topological polar surface area (TPSA) is 30.5 Å². The summed E-state index contributed by atoms with van der Waals surface area (Å²) in [6, 6.07) is -0.453. The third-order valence-electron chi connectivity index (χ3n) is 3.62. The molecule has 2 aliphatic rings. The highest BCUT2D eigenvalue weighted by molar-refractivity contribution is 4.93. The molecular formula is C12H20F3NO2. The fourth-order valence-electron chi connectivity index (χ4n) is 2.84. The highest BCUT2D eigenvalue weighted by Gasteiger charge is 2.41. The Morgan fingerprint density at radius 2 is 2.17 bits per heavy atom. The Kier molecular flexibility index (Phi) is 4.18. The van der Waals surface area contributed by atoms with E-state index in [1.807, 2.05) is 0 Å². The summed E-state index contributed by atoms with van der Waals surface area (Å²) in [4.78, 5) is 0. The van der Waals surface area contributed by atoms with Gasteiger partial charge in [0.1, 0.15) is 0 Å². The van der Waals surface area contributed by atoms with Gasteiger partial charge in [0.25, 0.3) is 0 Å². The first-order valence-corrected chi connectivity index (χ1v) is 6.43. The molecule has 0 radical (unpaired) electrons. The van der Waals surface area contributed by atoms with Gasteiger partial charge in [-0.05, 0) is 19.8 Å². The highest BCUT2D eigenvalue weighted by atomic mass is 19.4. The summed E-state index contributed by atoms with van der Waals surface area (Å²) in [5.74, 6) is 0. The zero-order chi connectivity index (χ0) is 13.2. The Labute approximate surface area is 105 Å². The van der Waals surface area contributed by atoms with Gasteiger partial charge in [-0.15, -0.1) is 0 Å². The monoisotopic (exact) mass is 267 g/mol. The number of ether oxygens (including phenoxy) is 2. The minimum absolute atomic E-state index is 0.0952. The summed E-state index contributed by atoms with van der Waals surface area (Å²) in [5.41, 5.74) is -0.256. The molecule has 3 atom stereocenters. The van der Waals surface area contributed by atoms with Crippen molar-refractivity contribution in [2.24, 2.45) is 0 Å². The number of nitrogens with one attached hydrogen (secondary N) is 1. The highest BCUT2D eigenvalue weighted by Crippen LogP contribution is 2.33. The molecule has 0 aromatic carbocycles. The smallest absolute Gasteiger partial charge is 0.378 e. The molecule has 3 unspecified atom stereocenters. The van der Waals surface area contributed by atoms with Gasteiger partial charge in [0.15, 0.2) is 0 Å². The molecule has 6 heteroatoms. The molecule has 0 amide bonds. The van der Waals surface area contributed by atoms with Gasteiger partial charge in [0, 0.05) is 31.7 Å². The van der Waals surface area contributed by atoms with Crippen molar-refractivity contribution in [3.63, 3.8) is 0 Å². The van der Waals surface area contributed by atoms with Gasteiger partial charge in [-0.3, -0.25) is 0 Å². The Morgan fingerprint density at radius 1 is 1.39 bits per heavy atom. The van der Waals surface area contributed by atoms with Crippen LogP contribution < -0.4 is 5.32 Å². The molecule has 2 rings (SSSR count). The lowest BCUT2D eigenvalue weighted by molar-refractivity contribution is -0.141. The van der Waals surface area contributed by atoms with E-state index >= 15 is 0 Å². The maximum Gasteiger partial charge on any atom is 0.390 e. The first-order chi connectivity index (χ1) is 8.39. The van der Waals surface area contributed by atoms with E-state index in [9.17, 15) is 13.2 Å². The summed E-state index contributed by atoms with van der Waals surface area (Å²) >= 11 is 0. The third kappa shape index (κ3) is 3.83. The van der Waals surface area contributed by atoms with Crippen molar-refractivity contribution in [3.8, 4) is 0 Å². The molecule has 0 aliphatic carbocycles. The zero-order valence-corrected chi connectivity index (χ0v) is 10.6. The van der Waals surface area contributed by atoms with E-state index in [1.54, 1.807) is 6.92 Å². The molecule has 1 spiro atoms. The lowest BCUT2D eigenvalue weighted by Gasteiger charge is -2.38. The molecule has 106 valence electrons. The maximum atomic E-state index is 12.3. The minimum atomic E-state index is -4.11. The maximum absolute atomic E-state index is 12.3. The van der Waals surface area contributed by atoms with Crippen LogP contribution in [0.5, 0.6) is 0 Å². The van der Waals surface area contributed by atoms with Crippen LogP contribution in [-0.4, -0.2) is 43.7 Å². The van der Waals surface area contributed by atoms with Crippen molar-refractivity contribution < 1.29 is 22.6 Å². The molecule has 0 saturated carbocycles. The molecule has 0 aromatic rings. The lowest BCUT2D eigenvalue weighted by Crippen LogP contribution is -2.50. The minimum Gasteiger partial charge on any atom is -0.378 e. The van der Waals surface area contributed by atoms with Crippen LogP contribution in [0.25, 0.3) is 0 Å². The summed E-state index contributed by atoms with van der Waals surface area (Å²) in [6.45, 7) is 3.43.